The van der Waals surface area contributed by atoms with Crippen molar-refractivity contribution in [1.29, 1.82) is 0 Å². The lowest BCUT2D eigenvalue weighted by Gasteiger charge is -2.31. The summed E-state index contributed by atoms with van der Waals surface area (Å²) in [5, 5.41) is 4.78. The molecule has 0 saturated heterocycles. The van der Waals surface area contributed by atoms with Crippen molar-refractivity contribution < 1.29 is 9.59 Å². The van der Waals surface area contributed by atoms with Crippen LogP contribution in [0.2, 0.25) is 20.1 Å². The van der Waals surface area contributed by atoms with Gasteiger partial charge in [-0.3, -0.25) is 9.59 Å². The van der Waals surface area contributed by atoms with Gasteiger partial charge in [0.25, 0.3) is 0 Å². The van der Waals surface area contributed by atoms with Gasteiger partial charge in [-0.05, 0) is 50.1 Å². The molecule has 2 aromatic rings. The second kappa shape index (κ2) is 13.0. The van der Waals surface area contributed by atoms with Crippen LogP contribution in [0, 0.1) is 0 Å². The molecule has 0 aliphatic heterocycles. The Hall–Kier alpha value is -1.11. The summed E-state index contributed by atoms with van der Waals surface area (Å²) in [7, 11) is 0. The maximum Gasteiger partial charge on any atom is 0.243 e. The first-order valence-corrected chi connectivity index (χ1v) is 12.8. The first kappa shape index (κ1) is 27.1. The smallest absolute Gasteiger partial charge is 0.243 e. The fraction of sp³-hybridized carbons (Fsp3) is 0.391. The zero-order chi connectivity index (χ0) is 23.8. The van der Waals surface area contributed by atoms with Crippen molar-refractivity contribution in [2.24, 2.45) is 0 Å². The summed E-state index contributed by atoms with van der Waals surface area (Å²) in [5.74, 6) is 0.400. The van der Waals surface area contributed by atoms with Crippen LogP contribution < -0.4 is 5.32 Å². The van der Waals surface area contributed by atoms with E-state index in [9.17, 15) is 9.59 Å². The molecule has 2 rings (SSSR count). The van der Waals surface area contributed by atoms with Gasteiger partial charge in [0.15, 0.2) is 0 Å². The van der Waals surface area contributed by atoms with Gasteiger partial charge in [-0.15, -0.1) is 11.8 Å². The molecule has 32 heavy (non-hydrogen) atoms. The van der Waals surface area contributed by atoms with E-state index in [-0.39, 0.29) is 30.2 Å². The Labute approximate surface area is 213 Å². The highest BCUT2D eigenvalue weighted by Crippen LogP contribution is 2.28. The van der Waals surface area contributed by atoms with Crippen molar-refractivity contribution in [3.8, 4) is 0 Å². The van der Waals surface area contributed by atoms with Crippen LogP contribution >= 0.6 is 58.2 Å². The van der Waals surface area contributed by atoms with Gasteiger partial charge in [0, 0.05) is 33.9 Å². The lowest BCUT2D eigenvalue weighted by molar-refractivity contribution is -0.139. The number of carbonyl (C=O) groups is 2. The fourth-order valence-electron chi connectivity index (χ4n) is 3.12. The van der Waals surface area contributed by atoms with E-state index in [1.54, 1.807) is 35.2 Å². The van der Waals surface area contributed by atoms with Gasteiger partial charge in [-0.2, -0.15) is 0 Å². The van der Waals surface area contributed by atoms with Gasteiger partial charge < -0.3 is 10.2 Å². The van der Waals surface area contributed by atoms with Gasteiger partial charge in [0.1, 0.15) is 6.04 Å². The summed E-state index contributed by atoms with van der Waals surface area (Å²) in [4.78, 5) is 27.7. The number of benzene rings is 2. The van der Waals surface area contributed by atoms with Gasteiger partial charge in [-0.25, -0.2) is 0 Å². The number of nitrogens with one attached hydrogen (secondary N) is 1. The zero-order valence-electron chi connectivity index (χ0n) is 18.1. The number of nitrogens with zero attached hydrogens (tertiary/aromatic N) is 1. The number of rotatable bonds is 10. The van der Waals surface area contributed by atoms with E-state index in [0.717, 1.165) is 5.56 Å². The van der Waals surface area contributed by atoms with Crippen LogP contribution in [0.4, 0.5) is 0 Å². The molecule has 2 amide bonds. The largest absolute Gasteiger partial charge is 0.352 e. The van der Waals surface area contributed by atoms with Gasteiger partial charge in [0.2, 0.25) is 11.8 Å². The van der Waals surface area contributed by atoms with E-state index in [0.29, 0.717) is 37.8 Å². The Bertz CT molecular complexity index is 935. The molecule has 0 aliphatic carbocycles. The molecule has 0 saturated carbocycles. The SMILES string of the molecule is CC[C@H](C(=O)NC(C)C)N(Cc1c(Cl)cccc1Cl)C(=O)CSCc1ccc(Cl)c(Cl)c1. The van der Waals surface area contributed by atoms with Crippen molar-refractivity contribution in [2.75, 3.05) is 5.75 Å². The Morgan fingerprint density at radius 2 is 1.66 bits per heavy atom. The minimum atomic E-state index is -0.636. The highest BCUT2D eigenvalue weighted by atomic mass is 35.5. The highest BCUT2D eigenvalue weighted by molar-refractivity contribution is 7.99. The average Bonchev–Trinajstić information content (AvgIpc) is 2.72. The number of halogens is 4. The van der Waals surface area contributed by atoms with E-state index >= 15 is 0 Å². The molecule has 174 valence electrons. The summed E-state index contributed by atoms with van der Waals surface area (Å²) in [6.07, 6.45) is 0.462. The molecule has 0 bridgehead atoms. The maximum absolute atomic E-state index is 13.3. The van der Waals surface area contributed by atoms with E-state index < -0.39 is 6.04 Å². The molecule has 0 radical (unpaired) electrons. The lowest BCUT2D eigenvalue weighted by atomic mass is 10.1. The Balaban J connectivity index is 2.20. The zero-order valence-corrected chi connectivity index (χ0v) is 22.0. The van der Waals surface area contributed by atoms with E-state index in [1.807, 2.05) is 26.8 Å². The van der Waals surface area contributed by atoms with Crippen LogP contribution in [-0.2, 0) is 21.9 Å². The molecular weight excluding hydrogens is 510 g/mol. The first-order chi connectivity index (χ1) is 15.1. The van der Waals surface area contributed by atoms with Crippen LogP contribution in [0.3, 0.4) is 0 Å². The third-order valence-electron chi connectivity index (χ3n) is 4.69. The summed E-state index contributed by atoms with van der Waals surface area (Å²) < 4.78 is 0. The molecule has 4 nitrogen and oxygen atoms in total. The molecular formula is C23H26Cl4N2O2S. The maximum atomic E-state index is 13.3. The summed E-state index contributed by atoms with van der Waals surface area (Å²) in [6.45, 7) is 5.79. The van der Waals surface area contributed by atoms with Crippen LogP contribution in [0.15, 0.2) is 36.4 Å². The molecule has 0 aliphatic rings. The second-order valence-electron chi connectivity index (χ2n) is 7.55. The topological polar surface area (TPSA) is 49.4 Å². The number of amides is 2. The lowest BCUT2D eigenvalue weighted by Crippen LogP contribution is -2.51. The van der Waals surface area contributed by atoms with Crippen molar-refractivity contribution in [2.45, 2.75) is 51.6 Å². The van der Waals surface area contributed by atoms with E-state index in [4.69, 9.17) is 46.4 Å². The minimum absolute atomic E-state index is 0.0403. The molecule has 0 heterocycles. The Morgan fingerprint density at radius 3 is 2.22 bits per heavy atom. The fourth-order valence-corrected chi connectivity index (χ4v) is 4.82. The standard InChI is InChI=1S/C23H26Cl4N2O2S/c1-4-21(23(31)28-14(2)3)29(11-16-17(24)6-5-7-18(16)25)22(30)13-32-12-15-8-9-19(26)20(27)10-15/h5-10,14,21H,4,11-13H2,1-3H3,(H,28,31)/t21-/m1/s1. The van der Waals surface area contributed by atoms with Gasteiger partial charge >= 0.3 is 0 Å². The second-order valence-corrected chi connectivity index (χ2v) is 10.2. The summed E-state index contributed by atoms with van der Waals surface area (Å²) in [5.41, 5.74) is 1.58. The number of hydrogen-bond acceptors (Lipinski definition) is 3. The minimum Gasteiger partial charge on any atom is -0.352 e. The van der Waals surface area contributed by atoms with E-state index in [2.05, 4.69) is 5.32 Å². The van der Waals surface area contributed by atoms with Crippen LogP contribution in [0.5, 0.6) is 0 Å². The number of thioether (sulfide) groups is 1. The highest BCUT2D eigenvalue weighted by Gasteiger charge is 2.29. The van der Waals surface area contributed by atoms with E-state index in [1.165, 1.54) is 11.8 Å². The van der Waals surface area contributed by atoms with Gasteiger partial charge in [0.05, 0.1) is 15.8 Å². The molecule has 0 unspecified atom stereocenters. The molecule has 2 aromatic carbocycles. The molecule has 0 fully saturated rings. The Morgan fingerprint density at radius 1 is 1.00 bits per heavy atom. The third kappa shape index (κ3) is 7.74. The van der Waals surface area contributed by atoms with Crippen LogP contribution in [0.1, 0.15) is 38.3 Å². The Kier molecular flexibility index (Phi) is 11.0. The first-order valence-electron chi connectivity index (χ1n) is 10.2. The summed E-state index contributed by atoms with van der Waals surface area (Å²) >= 11 is 26.2. The average molecular weight is 536 g/mol. The molecule has 0 aromatic heterocycles. The normalized spacial score (nSPS) is 12.0. The van der Waals surface area contributed by atoms with Crippen molar-refractivity contribution in [1.82, 2.24) is 10.2 Å². The van der Waals surface area contributed by atoms with Crippen LogP contribution in [0.25, 0.3) is 0 Å². The molecule has 1 N–H and O–H groups in total. The molecule has 0 spiro atoms. The predicted octanol–water partition coefficient (Wildman–Crippen LogP) is 6.87. The third-order valence-corrected chi connectivity index (χ3v) is 7.12. The quantitative estimate of drug-likeness (QED) is 0.361. The van der Waals surface area contributed by atoms with Crippen molar-refractivity contribution >= 4 is 70.0 Å². The number of carbonyl (C=O) groups excluding carboxylic acids is 2. The number of hydrogen-bond donors (Lipinski definition) is 1. The van der Waals surface area contributed by atoms with Crippen LogP contribution in [-0.4, -0.2) is 34.6 Å². The monoisotopic (exact) mass is 534 g/mol. The molecule has 1 atom stereocenters. The van der Waals surface area contributed by atoms with Crippen molar-refractivity contribution in [3.63, 3.8) is 0 Å². The van der Waals surface area contributed by atoms with Gasteiger partial charge in [-0.1, -0.05) is 65.5 Å². The summed E-state index contributed by atoms with van der Waals surface area (Å²) in [6, 6.07) is 9.90. The molecule has 9 heteroatoms. The predicted molar refractivity (Wildman–Crippen MR) is 137 cm³/mol. The van der Waals surface area contributed by atoms with Crippen molar-refractivity contribution in [3.05, 3.63) is 67.6 Å².